The Labute approximate surface area is 182 Å². The smallest absolute Gasteiger partial charge is 0.264 e. The van der Waals surface area contributed by atoms with Crippen LogP contribution < -0.4 is 5.73 Å². The van der Waals surface area contributed by atoms with Gasteiger partial charge in [0.15, 0.2) is 0 Å². The highest BCUT2D eigenvalue weighted by Crippen LogP contribution is 2.37. The van der Waals surface area contributed by atoms with Crippen LogP contribution in [0.5, 0.6) is 0 Å². The molecule has 1 unspecified atom stereocenters. The van der Waals surface area contributed by atoms with E-state index in [9.17, 15) is 18.0 Å². The third-order valence-electron chi connectivity index (χ3n) is 5.89. The van der Waals surface area contributed by atoms with Crippen molar-refractivity contribution in [3.05, 3.63) is 77.6 Å². The Hall–Kier alpha value is -3.13. The molecular weight excluding hydrogens is 414 g/mol. The Morgan fingerprint density at radius 2 is 1.81 bits per heavy atom. The van der Waals surface area contributed by atoms with Crippen LogP contribution >= 0.6 is 0 Å². The van der Waals surface area contributed by atoms with E-state index in [2.05, 4.69) is 6.07 Å². The van der Waals surface area contributed by atoms with E-state index in [0.29, 0.717) is 0 Å². The summed E-state index contributed by atoms with van der Waals surface area (Å²) in [6.07, 6.45) is 5.13. The number of amides is 2. The third-order valence-corrected chi connectivity index (χ3v) is 7.68. The molecule has 2 aromatic rings. The van der Waals surface area contributed by atoms with E-state index in [-0.39, 0.29) is 17.4 Å². The van der Waals surface area contributed by atoms with Crippen LogP contribution in [0.3, 0.4) is 0 Å². The van der Waals surface area contributed by atoms with Crippen LogP contribution in [0, 0.1) is 6.92 Å². The summed E-state index contributed by atoms with van der Waals surface area (Å²) in [4.78, 5) is 26.8. The summed E-state index contributed by atoms with van der Waals surface area (Å²) in [7, 11) is -4.03. The highest BCUT2D eigenvalue weighted by molar-refractivity contribution is 7.89. The molecule has 7 nitrogen and oxygen atoms in total. The minimum Gasteiger partial charge on any atom is -0.370 e. The lowest BCUT2D eigenvalue weighted by Crippen LogP contribution is -2.53. The summed E-state index contributed by atoms with van der Waals surface area (Å²) in [6, 6.07) is 12.9. The van der Waals surface area contributed by atoms with Gasteiger partial charge in [-0.05, 0) is 49.4 Å². The molecule has 0 saturated carbocycles. The first-order valence-electron chi connectivity index (χ1n) is 10.3. The first-order chi connectivity index (χ1) is 14.8. The van der Waals surface area contributed by atoms with Crippen LogP contribution in [0.15, 0.2) is 65.8 Å². The summed E-state index contributed by atoms with van der Waals surface area (Å²) >= 11 is 0. The monoisotopic (exact) mass is 439 g/mol. The average Bonchev–Trinajstić information content (AvgIpc) is 2.75. The van der Waals surface area contributed by atoms with Gasteiger partial charge in [0, 0.05) is 12.4 Å². The molecule has 162 valence electrons. The van der Waals surface area contributed by atoms with Gasteiger partial charge < -0.3 is 10.6 Å². The van der Waals surface area contributed by atoms with Crippen LogP contribution in [-0.2, 0) is 26.0 Å². The molecule has 8 heteroatoms. The van der Waals surface area contributed by atoms with Crippen molar-refractivity contribution in [2.75, 3.05) is 0 Å². The molecule has 4 rings (SSSR count). The van der Waals surface area contributed by atoms with Crippen molar-refractivity contribution < 1.29 is 18.0 Å². The molecule has 0 saturated heterocycles. The van der Waals surface area contributed by atoms with E-state index in [1.165, 1.54) is 30.1 Å². The number of hydrogen-bond donors (Lipinski definition) is 1. The molecule has 0 bridgehead atoms. The van der Waals surface area contributed by atoms with Crippen LogP contribution in [0.2, 0.25) is 0 Å². The molecule has 1 aliphatic heterocycles. The van der Waals surface area contributed by atoms with Gasteiger partial charge in [-0.1, -0.05) is 42.0 Å². The quantitative estimate of drug-likeness (QED) is 0.774. The lowest BCUT2D eigenvalue weighted by atomic mass is 9.86. The largest absolute Gasteiger partial charge is 0.370 e. The number of sulfonamides is 1. The van der Waals surface area contributed by atoms with E-state index in [0.717, 1.165) is 34.7 Å². The molecule has 2 atom stereocenters. The molecule has 0 fully saturated rings. The number of fused-ring (bicyclic) bond motifs is 1. The predicted octanol–water partition coefficient (Wildman–Crippen LogP) is 2.62. The van der Waals surface area contributed by atoms with Gasteiger partial charge in [0.05, 0.1) is 17.4 Å². The number of rotatable bonds is 5. The minimum absolute atomic E-state index is 0.0569. The van der Waals surface area contributed by atoms with Gasteiger partial charge >= 0.3 is 0 Å². The fourth-order valence-electron chi connectivity index (χ4n) is 4.32. The van der Waals surface area contributed by atoms with E-state index in [1.807, 2.05) is 25.1 Å². The molecule has 0 radical (unpaired) electrons. The zero-order valence-electron chi connectivity index (χ0n) is 17.3. The van der Waals surface area contributed by atoms with Gasteiger partial charge in [-0.3, -0.25) is 13.9 Å². The Kier molecular flexibility index (Phi) is 5.58. The van der Waals surface area contributed by atoms with Crippen LogP contribution in [-0.4, -0.2) is 35.5 Å². The molecule has 1 aliphatic carbocycles. The second-order valence-corrected chi connectivity index (χ2v) is 9.83. The number of primary amides is 1. The van der Waals surface area contributed by atoms with Gasteiger partial charge in [-0.2, -0.15) is 0 Å². The zero-order valence-corrected chi connectivity index (χ0v) is 18.1. The van der Waals surface area contributed by atoms with E-state index >= 15 is 0 Å². The zero-order chi connectivity index (χ0) is 22.2. The molecule has 2 aromatic carbocycles. The van der Waals surface area contributed by atoms with Crippen molar-refractivity contribution in [1.82, 2.24) is 9.21 Å². The van der Waals surface area contributed by atoms with Crippen molar-refractivity contribution in [2.24, 2.45) is 5.73 Å². The maximum absolute atomic E-state index is 13.5. The fourth-order valence-corrected chi connectivity index (χ4v) is 5.76. The Morgan fingerprint density at radius 3 is 2.52 bits per heavy atom. The highest BCUT2D eigenvalue weighted by atomic mass is 32.2. The fraction of sp³-hybridized carbons (Fsp3) is 0.304. The lowest BCUT2D eigenvalue weighted by molar-refractivity contribution is -0.138. The molecule has 1 heterocycles. The maximum Gasteiger partial charge on any atom is 0.264 e. The molecule has 0 aromatic heterocycles. The molecule has 31 heavy (non-hydrogen) atoms. The summed E-state index contributed by atoms with van der Waals surface area (Å²) in [5.41, 5.74) is 8.55. The van der Waals surface area contributed by atoms with Crippen LogP contribution in [0.1, 0.15) is 42.0 Å². The Bertz CT molecular complexity index is 1140. The Balaban J connectivity index is 1.73. The second kappa shape index (κ2) is 8.19. The van der Waals surface area contributed by atoms with Crippen molar-refractivity contribution in [3.8, 4) is 0 Å². The molecule has 0 spiro atoms. The standard InChI is InChI=1S/C23H25N3O4S/c1-16-9-11-18(12-10-16)31(29,30)26-14-13-25(23(28)21(26)15-22(24)27)20-8-4-6-17-5-2-3-7-19(17)20/h2-3,5,7,9-14,20-21H,4,6,8,15H2,1H3,(H2,24,27)/t20?,21-/m1/s1. The molecule has 2 amide bonds. The number of carbonyl (C=O) groups excluding carboxylic acids is 2. The summed E-state index contributed by atoms with van der Waals surface area (Å²) in [5, 5.41) is 0. The van der Waals surface area contributed by atoms with Crippen molar-refractivity contribution in [3.63, 3.8) is 0 Å². The van der Waals surface area contributed by atoms with Gasteiger partial charge in [0.2, 0.25) is 5.91 Å². The average molecular weight is 440 g/mol. The van der Waals surface area contributed by atoms with Crippen molar-refractivity contribution in [2.45, 2.75) is 49.6 Å². The van der Waals surface area contributed by atoms with Gasteiger partial charge in [-0.25, -0.2) is 8.42 Å². The summed E-state index contributed by atoms with van der Waals surface area (Å²) in [5.74, 6) is -1.18. The Morgan fingerprint density at radius 1 is 1.10 bits per heavy atom. The van der Waals surface area contributed by atoms with Gasteiger partial charge in [0.25, 0.3) is 15.9 Å². The number of benzene rings is 2. The maximum atomic E-state index is 13.5. The van der Waals surface area contributed by atoms with Crippen molar-refractivity contribution in [1.29, 1.82) is 0 Å². The number of nitrogens with zero attached hydrogens (tertiary/aromatic N) is 2. The van der Waals surface area contributed by atoms with Gasteiger partial charge in [0.1, 0.15) is 6.04 Å². The summed E-state index contributed by atoms with van der Waals surface area (Å²) < 4.78 is 27.5. The number of aryl methyl sites for hydroxylation is 2. The van der Waals surface area contributed by atoms with Crippen molar-refractivity contribution >= 4 is 21.8 Å². The normalized spacial score (nSPS) is 21.1. The highest BCUT2D eigenvalue weighted by Gasteiger charge is 2.42. The van der Waals surface area contributed by atoms with E-state index < -0.39 is 27.9 Å². The number of hydrogen-bond acceptors (Lipinski definition) is 4. The first kappa shape index (κ1) is 21.1. The topological polar surface area (TPSA) is 101 Å². The van der Waals surface area contributed by atoms with Gasteiger partial charge in [-0.15, -0.1) is 0 Å². The number of carbonyl (C=O) groups is 2. The van der Waals surface area contributed by atoms with Crippen LogP contribution in [0.25, 0.3) is 0 Å². The molecule has 2 aliphatic rings. The van der Waals surface area contributed by atoms with E-state index in [1.54, 1.807) is 17.0 Å². The molecule has 2 N–H and O–H groups in total. The number of nitrogens with two attached hydrogens (primary N) is 1. The summed E-state index contributed by atoms with van der Waals surface area (Å²) in [6.45, 7) is 1.86. The minimum atomic E-state index is -4.03. The van der Waals surface area contributed by atoms with Crippen LogP contribution in [0.4, 0.5) is 0 Å². The molecular formula is C23H25N3O4S. The SMILES string of the molecule is Cc1ccc(S(=O)(=O)N2C=CN(C3CCCc4ccccc43)C(=O)[C@H]2CC(N)=O)cc1. The van der Waals surface area contributed by atoms with E-state index in [4.69, 9.17) is 5.73 Å². The second-order valence-electron chi connectivity index (χ2n) is 7.98. The first-order valence-corrected chi connectivity index (χ1v) is 11.7. The predicted molar refractivity (Wildman–Crippen MR) is 116 cm³/mol. The third kappa shape index (κ3) is 3.95. The lowest BCUT2D eigenvalue weighted by Gasteiger charge is -2.41.